The van der Waals surface area contributed by atoms with E-state index in [0.717, 1.165) is 17.2 Å². The molecule has 2 atom stereocenters. The molecule has 100 valence electrons. The van der Waals surface area contributed by atoms with E-state index in [4.69, 9.17) is 0 Å². The van der Waals surface area contributed by atoms with Crippen molar-refractivity contribution in [1.29, 1.82) is 0 Å². The number of hydrogen-bond acceptors (Lipinski definition) is 2. The van der Waals surface area contributed by atoms with E-state index >= 15 is 0 Å². The summed E-state index contributed by atoms with van der Waals surface area (Å²) in [6, 6.07) is 0.842. The Morgan fingerprint density at radius 1 is 1.00 bits per heavy atom. The molecule has 0 bridgehead atoms. The van der Waals surface area contributed by atoms with Crippen LogP contribution in [0.1, 0.15) is 64.7 Å². The molecule has 0 aromatic carbocycles. The first kappa shape index (κ1) is 13.7. The standard InChI is InChI=1S/C15H29NS/c1-13-6-5-9-15(12-13)17-11-10-16-14-7-3-2-4-8-14/h13-16H,2-12H2,1H3. The third-order valence-corrected chi connectivity index (χ3v) is 5.72. The van der Waals surface area contributed by atoms with Crippen molar-refractivity contribution in [3.05, 3.63) is 0 Å². The van der Waals surface area contributed by atoms with Gasteiger partial charge in [-0.15, -0.1) is 0 Å². The summed E-state index contributed by atoms with van der Waals surface area (Å²) in [7, 11) is 0. The second kappa shape index (κ2) is 7.68. The minimum atomic E-state index is 0.842. The predicted molar refractivity (Wildman–Crippen MR) is 78.8 cm³/mol. The highest BCUT2D eigenvalue weighted by Crippen LogP contribution is 2.31. The quantitative estimate of drug-likeness (QED) is 0.738. The average molecular weight is 255 g/mol. The summed E-state index contributed by atoms with van der Waals surface area (Å²) in [6.45, 7) is 3.66. The van der Waals surface area contributed by atoms with Gasteiger partial charge in [0.2, 0.25) is 0 Å². The minimum Gasteiger partial charge on any atom is -0.313 e. The summed E-state index contributed by atoms with van der Waals surface area (Å²) in [4.78, 5) is 0. The van der Waals surface area contributed by atoms with Crippen LogP contribution in [0.3, 0.4) is 0 Å². The van der Waals surface area contributed by atoms with Gasteiger partial charge < -0.3 is 5.32 Å². The van der Waals surface area contributed by atoms with Crippen molar-refractivity contribution in [2.24, 2.45) is 5.92 Å². The molecule has 0 aromatic heterocycles. The zero-order valence-corrected chi connectivity index (χ0v) is 12.2. The molecule has 0 saturated heterocycles. The lowest BCUT2D eigenvalue weighted by Crippen LogP contribution is -2.33. The zero-order chi connectivity index (χ0) is 11.9. The van der Waals surface area contributed by atoms with E-state index in [1.165, 1.54) is 70.1 Å². The van der Waals surface area contributed by atoms with Gasteiger partial charge >= 0.3 is 0 Å². The molecule has 1 N–H and O–H groups in total. The molecule has 2 rings (SSSR count). The van der Waals surface area contributed by atoms with E-state index in [1.807, 2.05) is 0 Å². The van der Waals surface area contributed by atoms with Gasteiger partial charge in [-0.1, -0.05) is 39.0 Å². The first-order valence-electron chi connectivity index (χ1n) is 7.69. The lowest BCUT2D eigenvalue weighted by atomic mass is 9.91. The molecule has 0 amide bonds. The third-order valence-electron chi connectivity index (χ3n) is 4.38. The van der Waals surface area contributed by atoms with Crippen LogP contribution >= 0.6 is 11.8 Å². The van der Waals surface area contributed by atoms with Gasteiger partial charge in [0.25, 0.3) is 0 Å². The van der Waals surface area contributed by atoms with Crippen molar-refractivity contribution >= 4 is 11.8 Å². The Morgan fingerprint density at radius 2 is 1.82 bits per heavy atom. The van der Waals surface area contributed by atoms with Crippen molar-refractivity contribution in [2.75, 3.05) is 12.3 Å². The van der Waals surface area contributed by atoms with E-state index in [-0.39, 0.29) is 0 Å². The fraction of sp³-hybridized carbons (Fsp3) is 1.00. The molecular weight excluding hydrogens is 226 g/mol. The Bertz CT molecular complexity index is 201. The molecule has 2 saturated carbocycles. The molecule has 2 unspecified atom stereocenters. The zero-order valence-electron chi connectivity index (χ0n) is 11.4. The first-order chi connectivity index (χ1) is 8.34. The van der Waals surface area contributed by atoms with Gasteiger partial charge in [-0.2, -0.15) is 11.8 Å². The Hall–Kier alpha value is 0.310. The monoisotopic (exact) mass is 255 g/mol. The lowest BCUT2D eigenvalue weighted by molar-refractivity contribution is 0.380. The Balaban J connectivity index is 1.50. The van der Waals surface area contributed by atoms with Crippen molar-refractivity contribution in [2.45, 2.75) is 76.0 Å². The molecule has 0 radical (unpaired) electrons. The van der Waals surface area contributed by atoms with Crippen LogP contribution in [-0.2, 0) is 0 Å². The van der Waals surface area contributed by atoms with Gasteiger partial charge in [-0.05, 0) is 31.6 Å². The van der Waals surface area contributed by atoms with Gasteiger partial charge in [0.1, 0.15) is 0 Å². The molecule has 0 aromatic rings. The van der Waals surface area contributed by atoms with Gasteiger partial charge in [0.05, 0.1) is 0 Å². The number of thioether (sulfide) groups is 1. The maximum Gasteiger partial charge on any atom is 0.00673 e. The maximum atomic E-state index is 3.75. The van der Waals surface area contributed by atoms with E-state index in [0.29, 0.717) is 0 Å². The second-order valence-electron chi connectivity index (χ2n) is 6.05. The Kier molecular flexibility index (Phi) is 6.21. The second-order valence-corrected chi connectivity index (χ2v) is 7.46. The van der Waals surface area contributed by atoms with Crippen LogP contribution < -0.4 is 5.32 Å². The molecule has 2 heteroatoms. The van der Waals surface area contributed by atoms with Crippen molar-refractivity contribution in [1.82, 2.24) is 5.32 Å². The summed E-state index contributed by atoms with van der Waals surface area (Å²) in [6.07, 6.45) is 13.1. The smallest absolute Gasteiger partial charge is 0.00673 e. The van der Waals surface area contributed by atoms with Crippen LogP contribution in [0.4, 0.5) is 0 Å². The summed E-state index contributed by atoms with van der Waals surface area (Å²) in [5, 5.41) is 4.72. The Labute approximate surface area is 112 Å². The SMILES string of the molecule is CC1CCCC(SCCNC2CCCCC2)C1. The van der Waals surface area contributed by atoms with Gasteiger partial charge in [-0.3, -0.25) is 0 Å². The summed E-state index contributed by atoms with van der Waals surface area (Å²) < 4.78 is 0. The van der Waals surface area contributed by atoms with Crippen molar-refractivity contribution in [3.63, 3.8) is 0 Å². The van der Waals surface area contributed by atoms with Gasteiger partial charge in [-0.25, -0.2) is 0 Å². The maximum absolute atomic E-state index is 3.75. The van der Waals surface area contributed by atoms with Gasteiger partial charge in [0.15, 0.2) is 0 Å². The van der Waals surface area contributed by atoms with E-state index in [9.17, 15) is 0 Å². The van der Waals surface area contributed by atoms with Gasteiger partial charge in [0, 0.05) is 23.6 Å². The summed E-state index contributed by atoms with van der Waals surface area (Å²) >= 11 is 2.23. The molecule has 0 spiro atoms. The van der Waals surface area contributed by atoms with Crippen LogP contribution in [0.25, 0.3) is 0 Å². The van der Waals surface area contributed by atoms with E-state index in [1.54, 1.807) is 0 Å². The molecule has 0 aliphatic heterocycles. The molecule has 1 nitrogen and oxygen atoms in total. The van der Waals surface area contributed by atoms with E-state index < -0.39 is 0 Å². The molecule has 2 aliphatic rings. The molecule has 2 fully saturated rings. The van der Waals surface area contributed by atoms with Crippen molar-refractivity contribution in [3.8, 4) is 0 Å². The largest absolute Gasteiger partial charge is 0.313 e. The fourth-order valence-electron chi connectivity index (χ4n) is 3.33. The first-order valence-corrected chi connectivity index (χ1v) is 8.74. The Morgan fingerprint density at radius 3 is 2.59 bits per heavy atom. The highest BCUT2D eigenvalue weighted by molar-refractivity contribution is 7.99. The molecular formula is C15H29NS. The normalized spacial score (nSPS) is 31.6. The number of rotatable bonds is 5. The highest BCUT2D eigenvalue weighted by Gasteiger charge is 2.19. The summed E-state index contributed by atoms with van der Waals surface area (Å²) in [5.74, 6) is 2.31. The lowest BCUT2D eigenvalue weighted by Gasteiger charge is -2.27. The number of hydrogen-bond donors (Lipinski definition) is 1. The van der Waals surface area contributed by atoms with Crippen LogP contribution in [0.15, 0.2) is 0 Å². The number of nitrogens with one attached hydrogen (secondary N) is 1. The van der Waals surface area contributed by atoms with Crippen molar-refractivity contribution < 1.29 is 0 Å². The average Bonchev–Trinajstić information content (AvgIpc) is 2.36. The topological polar surface area (TPSA) is 12.0 Å². The van der Waals surface area contributed by atoms with Crippen LogP contribution in [0, 0.1) is 5.92 Å². The molecule has 2 aliphatic carbocycles. The van der Waals surface area contributed by atoms with Crippen LogP contribution in [0.2, 0.25) is 0 Å². The minimum absolute atomic E-state index is 0.842. The highest BCUT2D eigenvalue weighted by atomic mass is 32.2. The fourth-order valence-corrected chi connectivity index (χ4v) is 4.69. The molecule has 0 heterocycles. The molecule has 17 heavy (non-hydrogen) atoms. The van der Waals surface area contributed by atoms with Crippen LogP contribution in [0.5, 0.6) is 0 Å². The van der Waals surface area contributed by atoms with E-state index in [2.05, 4.69) is 24.0 Å². The summed E-state index contributed by atoms with van der Waals surface area (Å²) in [5.41, 5.74) is 0. The predicted octanol–water partition coefficient (Wildman–Crippen LogP) is 4.22. The third kappa shape index (κ3) is 5.21. The van der Waals surface area contributed by atoms with Crippen LogP contribution in [-0.4, -0.2) is 23.6 Å².